The van der Waals surface area contributed by atoms with E-state index in [1.807, 2.05) is 42.5 Å². The van der Waals surface area contributed by atoms with Crippen LogP contribution in [-0.4, -0.2) is 23.0 Å². The van der Waals surface area contributed by atoms with Gasteiger partial charge in [0.05, 0.1) is 23.7 Å². The molecule has 0 aliphatic carbocycles. The van der Waals surface area contributed by atoms with Crippen molar-refractivity contribution in [2.75, 3.05) is 7.11 Å². The van der Waals surface area contributed by atoms with Crippen molar-refractivity contribution in [1.82, 2.24) is 15.4 Å². The van der Waals surface area contributed by atoms with E-state index in [0.29, 0.717) is 28.3 Å². The molecule has 2 heterocycles. The van der Waals surface area contributed by atoms with Gasteiger partial charge in [0.1, 0.15) is 17.2 Å². The van der Waals surface area contributed by atoms with Crippen molar-refractivity contribution in [2.45, 2.75) is 0 Å². The van der Waals surface area contributed by atoms with Crippen LogP contribution in [0.3, 0.4) is 0 Å². The molecule has 0 fully saturated rings. The topological polar surface area (TPSA) is 92.5 Å². The summed E-state index contributed by atoms with van der Waals surface area (Å²) in [5.41, 5.74) is 6.25. The number of hydrogen-bond acceptors (Lipinski definition) is 5. The fourth-order valence-electron chi connectivity index (χ4n) is 3.32. The van der Waals surface area contributed by atoms with Crippen LogP contribution < -0.4 is 15.7 Å². The van der Waals surface area contributed by atoms with Crippen molar-refractivity contribution >= 4 is 27.9 Å². The average molecular weight is 410 g/mol. The molecule has 5 aromatic rings. The zero-order chi connectivity index (χ0) is 21.2. The average Bonchev–Trinajstić information content (AvgIpc) is 3.26. The minimum absolute atomic E-state index is 0.237. The number of ether oxygens (including phenoxy) is 1. The summed E-state index contributed by atoms with van der Waals surface area (Å²) in [5, 5.41) is 5.09. The van der Waals surface area contributed by atoms with Crippen LogP contribution in [0, 0.1) is 0 Å². The summed E-state index contributed by atoms with van der Waals surface area (Å²) in [6, 6.07) is 24.0. The summed E-state index contributed by atoms with van der Waals surface area (Å²) >= 11 is 0. The third kappa shape index (κ3) is 3.64. The minimum Gasteiger partial charge on any atom is -0.497 e. The molecular weight excluding hydrogens is 392 g/mol. The second-order valence-electron chi connectivity index (χ2n) is 6.89. The van der Waals surface area contributed by atoms with Gasteiger partial charge in [-0.3, -0.25) is 4.79 Å². The van der Waals surface area contributed by atoms with Crippen molar-refractivity contribution in [3.63, 3.8) is 0 Å². The van der Waals surface area contributed by atoms with Gasteiger partial charge >= 0.3 is 0 Å². The summed E-state index contributed by atoms with van der Waals surface area (Å²) in [6.07, 6.45) is 0. The second-order valence-corrected chi connectivity index (χ2v) is 6.89. The number of carbonyl (C=O) groups excluding carboxylic acids is 1. The Hall–Kier alpha value is -4.39. The molecule has 3 aromatic carbocycles. The first-order chi connectivity index (χ1) is 15.2. The van der Waals surface area contributed by atoms with Gasteiger partial charge < -0.3 is 14.1 Å². The Kier molecular flexibility index (Phi) is 4.68. The Balaban J connectivity index is 1.66. The van der Waals surface area contributed by atoms with Gasteiger partial charge in [-0.05, 0) is 48.5 Å². The molecule has 7 heteroatoms. The van der Waals surface area contributed by atoms with Crippen LogP contribution in [0.15, 0.2) is 88.4 Å². The summed E-state index contributed by atoms with van der Waals surface area (Å²) in [5.74, 6) is 0.962. The Morgan fingerprint density at radius 3 is 2.65 bits per heavy atom. The Labute approximate surface area is 177 Å². The third-order valence-electron chi connectivity index (χ3n) is 4.89. The number of nitrogens with one attached hydrogen (secondary N) is 2. The van der Waals surface area contributed by atoms with Gasteiger partial charge in [0.15, 0.2) is 0 Å². The number of aromatic amines is 1. The number of aromatic nitrogens is 2. The SMILES string of the molecule is COc1ccc2o/c(=N/NC(=O)c3ccccc3)c(-c3nc4ccccc4[nH]3)cc2c1. The Morgan fingerprint density at radius 2 is 1.84 bits per heavy atom. The van der Waals surface area contributed by atoms with Gasteiger partial charge in [0.25, 0.3) is 5.91 Å². The smallest absolute Gasteiger partial charge is 0.271 e. The van der Waals surface area contributed by atoms with Gasteiger partial charge in [0.2, 0.25) is 5.55 Å². The highest BCUT2D eigenvalue weighted by molar-refractivity contribution is 5.93. The lowest BCUT2D eigenvalue weighted by atomic mass is 10.1. The molecule has 152 valence electrons. The molecule has 0 atom stereocenters. The van der Waals surface area contributed by atoms with Gasteiger partial charge in [-0.15, -0.1) is 5.10 Å². The number of imidazole rings is 1. The van der Waals surface area contributed by atoms with E-state index < -0.39 is 0 Å². The molecule has 0 saturated carbocycles. The standard InChI is InChI=1S/C24H18N4O3/c1-30-17-11-12-21-16(13-17)14-18(22-25-19-9-5-6-10-20(19)26-22)24(31-21)28-27-23(29)15-7-3-2-4-8-15/h2-14H,1H3,(H,25,26)(H,27,29)/b28-24+. The predicted molar refractivity (Wildman–Crippen MR) is 117 cm³/mol. The zero-order valence-electron chi connectivity index (χ0n) is 16.6. The lowest BCUT2D eigenvalue weighted by molar-refractivity contribution is 0.0951. The maximum absolute atomic E-state index is 12.5. The van der Waals surface area contributed by atoms with Gasteiger partial charge in [-0.25, -0.2) is 10.4 Å². The predicted octanol–water partition coefficient (Wildman–Crippen LogP) is 4.23. The number of benzene rings is 3. The maximum atomic E-state index is 12.5. The largest absolute Gasteiger partial charge is 0.497 e. The van der Waals surface area contributed by atoms with Crippen molar-refractivity contribution in [1.29, 1.82) is 0 Å². The van der Waals surface area contributed by atoms with Gasteiger partial charge in [0, 0.05) is 10.9 Å². The molecule has 0 radical (unpaired) electrons. The lowest BCUT2D eigenvalue weighted by Gasteiger charge is -2.05. The van der Waals surface area contributed by atoms with E-state index in [2.05, 4.69) is 20.5 Å². The lowest BCUT2D eigenvalue weighted by Crippen LogP contribution is -2.22. The number of para-hydroxylation sites is 2. The first-order valence-electron chi connectivity index (χ1n) is 9.67. The van der Waals surface area contributed by atoms with E-state index in [9.17, 15) is 4.79 Å². The third-order valence-corrected chi connectivity index (χ3v) is 4.89. The molecule has 1 amide bonds. The Morgan fingerprint density at radius 1 is 1.03 bits per heavy atom. The van der Waals surface area contributed by atoms with Gasteiger partial charge in [-0.1, -0.05) is 30.3 Å². The number of rotatable bonds is 4. The quantitative estimate of drug-likeness (QED) is 0.434. The summed E-state index contributed by atoms with van der Waals surface area (Å²) in [4.78, 5) is 20.4. The van der Waals surface area contributed by atoms with Crippen LogP contribution in [0.2, 0.25) is 0 Å². The van der Waals surface area contributed by atoms with E-state index in [-0.39, 0.29) is 11.5 Å². The molecule has 7 nitrogen and oxygen atoms in total. The minimum atomic E-state index is -0.332. The number of carbonyl (C=O) groups is 1. The highest BCUT2D eigenvalue weighted by atomic mass is 16.5. The molecule has 0 spiro atoms. The number of fused-ring (bicyclic) bond motifs is 2. The number of amides is 1. The summed E-state index contributed by atoms with van der Waals surface area (Å²) in [7, 11) is 1.61. The van der Waals surface area contributed by atoms with E-state index in [0.717, 1.165) is 16.4 Å². The fourth-order valence-corrected chi connectivity index (χ4v) is 3.32. The maximum Gasteiger partial charge on any atom is 0.271 e. The molecule has 31 heavy (non-hydrogen) atoms. The summed E-state index contributed by atoms with van der Waals surface area (Å²) in [6.45, 7) is 0. The normalized spacial score (nSPS) is 11.7. The van der Waals surface area contributed by atoms with Crippen LogP contribution in [0.1, 0.15) is 10.4 Å². The molecular formula is C24H18N4O3. The van der Waals surface area contributed by atoms with Crippen molar-refractivity contribution < 1.29 is 13.9 Å². The van der Waals surface area contributed by atoms with E-state index in [1.54, 1.807) is 43.5 Å². The molecule has 0 unspecified atom stereocenters. The molecule has 2 N–H and O–H groups in total. The molecule has 2 aromatic heterocycles. The first-order valence-corrected chi connectivity index (χ1v) is 9.67. The van der Waals surface area contributed by atoms with Crippen LogP contribution >= 0.6 is 0 Å². The van der Waals surface area contributed by atoms with Crippen molar-refractivity contribution in [3.05, 3.63) is 90.0 Å². The molecule has 5 rings (SSSR count). The molecule has 0 aliphatic heterocycles. The van der Waals surface area contributed by atoms with Crippen LogP contribution in [-0.2, 0) is 0 Å². The monoisotopic (exact) mass is 410 g/mol. The number of nitrogens with zero attached hydrogens (tertiary/aromatic N) is 2. The van der Waals surface area contributed by atoms with Crippen LogP contribution in [0.5, 0.6) is 5.75 Å². The second kappa shape index (κ2) is 7.79. The van der Waals surface area contributed by atoms with Gasteiger partial charge in [-0.2, -0.15) is 0 Å². The number of hydrogen-bond donors (Lipinski definition) is 2. The van der Waals surface area contributed by atoms with Crippen molar-refractivity contribution in [3.8, 4) is 17.1 Å². The molecule has 0 bridgehead atoms. The fraction of sp³-hybridized carbons (Fsp3) is 0.0417. The highest BCUT2D eigenvalue weighted by Crippen LogP contribution is 2.24. The number of H-pyrrole nitrogens is 1. The highest BCUT2D eigenvalue weighted by Gasteiger charge is 2.13. The van der Waals surface area contributed by atoms with E-state index in [1.165, 1.54) is 0 Å². The van der Waals surface area contributed by atoms with E-state index >= 15 is 0 Å². The molecule has 0 saturated heterocycles. The first kappa shape index (κ1) is 18.6. The molecule has 0 aliphatic rings. The number of methoxy groups -OCH3 is 1. The van der Waals surface area contributed by atoms with Crippen molar-refractivity contribution in [2.24, 2.45) is 5.10 Å². The zero-order valence-corrected chi connectivity index (χ0v) is 16.6. The summed E-state index contributed by atoms with van der Waals surface area (Å²) < 4.78 is 11.4. The van der Waals surface area contributed by atoms with Crippen LogP contribution in [0.4, 0.5) is 0 Å². The Bertz CT molecular complexity index is 1440. The van der Waals surface area contributed by atoms with E-state index in [4.69, 9.17) is 9.15 Å². The van der Waals surface area contributed by atoms with Crippen LogP contribution in [0.25, 0.3) is 33.4 Å².